The lowest BCUT2D eigenvalue weighted by Gasteiger charge is -2.19. The van der Waals surface area contributed by atoms with Gasteiger partial charge in [0, 0.05) is 24.6 Å². The number of hydrogen-bond acceptors (Lipinski definition) is 5. The van der Waals surface area contributed by atoms with Crippen LogP contribution in [-0.4, -0.2) is 43.2 Å². The van der Waals surface area contributed by atoms with E-state index in [2.05, 4.69) is 16.3 Å². The van der Waals surface area contributed by atoms with Crippen molar-refractivity contribution in [3.05, 3.63) is 93.6 Å². The molecule has 0 fully saturated rings. The van der Waals surface area contributed by atoms with E-state index >= 15 is 0 Å². The van der Waals surface area contributed by atoms with Gasteiger partial charge in [-0.25, -0.2) is 9.12 Å². The highest BCUT2D eigenvalue weighted by Crippen LogP contribution is 2.37. The number of nitrogens with one attached hydrogen (secondary N) is 1. The van der Waals surface area contributed by atoms with Crippen LogP contribution in [0.4, 0.5) is 10.2 Å². The highest BCUT2D eigenvalue weighted by molar-refractivity contribution is 5.68. The summed E-state index contributed by atoms with van der Waals surface area (Å²) in [7, 11) is 3.98. The van der Waals surface area contributed by atoms with Crippen molar-refractivity contribution in [1.29, 1.82) is 0 Å². The van der Waals surface area contributed by atoms with Crippen LogP contribution in [0.15, 0.2) is 54.7 Å². The van der Waals surface area contributed by atoms with Gasteiger partial charge in [-0.3, -0.25) is 10.1 Å². The molecule has 36 heavy (non-hydrogen) atoms. The number of hydrogen-bond donors (Lipinski definition) is 2. The molecule has 7 nitrogen and oxygen atoms in total. The Kier molecular flexibility index (Phi) is 8.05. The first-order valence-electron chi connectivity index (χ1n) is 12.1. The van der Waals surface area contributed by atoms with E-state index in [0.29, 0.717) is 44.8 Å². The summed E-state index contributed by atoms with van der Waals surface area (Å²) in [5, 5.41) is 24.4. The van der Waals surface area contributed by atoms with E-state index in [1.807, 2.05) is 26.2 Å². The fourth-order valence-corrected chi connectivity index (χ4v) is 4.81. The second-order valence-corrected chi connectivity index (χ2v) is 9.53. The Labute approximate surface area is 210 Å². The lowest BCUT2D eigenvalue weighted by molar-refractivity contribution is -0.590. The Hall–Kier alpha value is -3.65. The number of aromatic nitrogens is 1. The number of carbonyl (C=O) groups is 1. The van der Waals surface area contributed by atoms with Crippen molar-refractivity contribution < 1.29 is 23.8 Å². The smallest absolute Gasteiger partial charge is 0.303 e. The van der Waals surface area contributed by atoms with Crippen LogP contribution >= 0.6 is 0 Å². The van der Waals surface area contributed by atoms with Gasteiger partial charge in [-0.2, -0.15) is 0 Å². The van der Waals surface area contributed by atoms with E-state index in [4.69, 9.17) is 4.74 Å². The molecule has 0 spiro atoms. The monoisotopic (exact) mass is 493 g/mol. The first kappa shape index (κ1) is 25.4. The fraction of sp³-hybridized carbons (Fsp3) is 0.357. The molecule has 0 bridgehead atoms. The number of anilines is 1. The maximum atomic E-state index is 14.1. The molecule has 2 N–H and O–H groups in total. The predicted molar refractivity (Wildman–Crippen MR) is 136 cm³/mol. The Bertz CT molecular complexity index is 1230. The third kappa shape index (κ3) is 6.31. The van der Waals surface area contributed by atoms with E-state index in [-0.39, 0.29) is 18.2 Å². The molecule has 2 aromatic carbocycles. The Balaban J connectivity index is 1.54. The minimum absolute atomic E-state index is 0.00287. The summed E-state index contributed by atoms with van der Waals surface area (Å²) in [6.07, 6.45) is 3.25. The predicted octanol–water partition coefficient (Wildman–Crippen LogP) is 4.11. The standard InChI is InChI=1S/C28H32FN3O4/c1-31(2)18-23-14-19-12-22(17-28(33)34)25-8-7-24(29)15-21(25)13-20(19)16-26(23)36-11-5-9-30-27-6-3-4-10-32(27)35/h3-4,6-8,10,14-16,22,30H,5,9,11-13,17-18H2,1-2H3,(H,33,34). The normalized spacial score (nSPS) is 14.6. The average Bonchev–Trinajstić information content (AvgIpc) is 2.94. The minimum atomic E-state index is -0.862. The van der Waals surface area contributed by atoms with Gasteiger partial charge in [0.2, 0.25) is 0 Å². The van der Waals surface area contributed by atoms with Crippen molar-refractivity contribution in [2.24, 2.45) is 0 Å². The number of benzene rings is 2. The largest absolute Gasteiger partial charge is 0.711 e. The van der Waals surface area contributed by atoms with E-state index in [9.17, 15) is 19.5 Å². The molecule has 0 amide bonds. The van der Waals surface area contributed by atoms with Gasteiger partial charge in [-0.1, -0.05) is 18.2 Å². The highest BCUT2D eigenvalue weighted by Gasteiger charge is 2.26. The van der Waals surface area contributed by atoms with Crippen molar-refractivity contribution in [2.75, 3.05) is 32.6 Å². The maximum Gasteiger partial charge on any atom is 0.303 e. The summed E-state index contributed by atoms with van der Waals surface area (Å²) >= 11 is 0. The number of rotatable bonds is 10. The van der Waals surface area contributed by atoms with Gasteiger partial charge in [0.25, 0.3) is 5.82 Å². The summed E-state index contributed by atoms with van der Waals surface area (Å²) < 4.78 is 21.1. The third-order valence-electron chi connectivity index (χ3n) is 6.39. The van der Waals surface area contributed by atoms with Crippen LogP contribution in [0.2, 0.25) is 0 Å². The number of nitrogens with zero attached hydrogens (tertiary/aromatic N) is 2. The molecule has 1 aliphatic carbocycles. The molecule has 190 valence electrons. The van der Waals surface area contributed by atoms with Gasteiger partial charge in [0.1, 0.15) is 11.6 Å². The summed E-state index contributed by atoms with van der Waals surface area (Å²) in [5.41, 5.74) is 4.85. The number of aliphatic carboxylic acids is 1. The molecule has 1 aromatic heterocycles. The zero-order valence-electron chi connectivity index (χ0n) is 20.7. The third-order valence-corrected chi connectivity index (χ3v) is 6.39. The molecule has 1 heterocycles. The van der Waals surface area contributed by atoms with Crippen molar-refractivity contribution in [3.63, 3.8) is 0 Å². The quantitative estimate of drug-likeness (QED) is 0.251. The number of carboxylic acids is 1. The molecular weight excluding hydrogens is 461 g/mol. The topological polar surface area (TPSA) is 88.7 Å². The fourth-order valence-electron chi connectivity index (χ4n) is 4.81. The zero-order valence-corrected chi connectivity index (χ0v) is 20.7. The highest BCUT2D eigenvalue weighted by atomic mass is 19.1. The van der Waals surface area contributed by atoms with Gasteiger partial charge < -0.3 is 20.0 Å². The SMILES string of the molecule is CN(C)Cc1cc2c(cc1OCCCNc1cccc[n+]1[O-])Cc1cc(F)ccc1C(CC(=O)O)C2. The molecule has 0 aliphatic heterocycles. The molecule has 1 unspecified atom stereocenters. The molecule has 1 aliphatic rings. The van der Waals surface area contributed by atoms with E-state index in [1.54, 1.807) is 18.2 Å². The second kappa shape index (κ2) is 11.4. The van der Waals surface area contributed by atoms with Gasteiger partial charge in [0.15, 0.2) is 0 Å². The van der Waals surface area contributed by atoms with Crippen LogP contribution in [0, 0.1) is 11.0 Å². The molecular formula is C28H32FN3O4. The van der Waals surface area contributed by atoms with Crippen LogP contribution in [0.25, 0.3) is 0 Å². The molecule has 8 heteroatoms. The zero-order chi connectivity index (χ0) is 25.7. The number of fused-ring (bicyclic) bond motifs is 2. The minimum Gasteiger partial charge on any atom is -0.711 e. The molecule has 0 saturated carbocycles. The van der Waals surface area contributed by atoms with E-state index in [0.717, 1.165) is 38.3 Å². The molecule has 4 rings (SSSR count). The number of halogens is 1. The van der Waals surface area contributed by atoms with Crippen LogP contribution < -0.4 is 14.8 Å². The summed E-state index contributed by atoms with van der Waals surface area (Å²) in [6.45, 7) is 1.72. The lowest BCUT2D eigenvalue weighted by atomic mass is 9.88. The molecule has 1 atom stereocenters. The van der Waals surface area contributed by atoms with Crippen molar-refractivity contribution in [2.45, 2.75) is 38.1 Å². The summed E-state index contributed by atoms with van der Waals surface area (Å²) in [6, 6.07) is 14.0. The number of ether oxygens (including phenoxy) is 1. The van der Waals surface area contributed by atoms with E-state index in [1.165, 1.54) is 18.3 Å². The Morgan fingerprint density at radius 3 is 2.78 bits per heavy atom. The van der Waals surface area contributed by atoms with E-state index < -0.39 is 5.97 Å². The van der Waals surface area contributed by atoms with Crippen molar-refractivity contribution >= 4 is 11.8 Å². The van der Waals surface area contributed by atoms with Crippen molar-refractivity contribution in [3.8, 4) is 5.75 Å². The average molecular weight is 494 g/mol. The van der Waals surface area contributed by atoms with Crippen molar-refractivity contribution in [1.82, 2.24) is 4.90 Å². The lowest BCUT2D eigenvalue weighted by Crippen LogP contribution is -2.30. The van der Waals surface area contributed by atoms with Crippen LogP contribution in [0.3, 0.4) is 0 Å². The van der Waals surface area contributed by atoms with Gasteiger partial charge in [-0.05, 0) is 79.4 Å². The Morgan fingerprint density at radius 1 is 1.19 bits per heavy atom. The maximum absolute atomic E-state index is 14.1. The van der Waals surface area contributed by atoms with Crippen LogP contribution in [0.1, 0.15) is 46.6 Å². The van der Waals surface area contributed by atoms with Crippen LogP contribution in [-0.2, 0) is 24.2 Å². The molecule has 0 radical (unpaired) electrons. The first-order chi connectivity index (χ1) is 17.3. The number of pyridine rings is 1. The Morgan fingerprint density at radius 2 is 2.03 bits per heavy atom. The van der Waals surface area contributed by atoms with Crippen LogP contribution in [0.5, 0.6) is 5.75 Å². The molecule has 3 aromatic rings. The molecule has 0 saturated heterocycles. The van der Waals surface area contributed by atoms with Gasteiger partial charge in [0.05, 0.1) is 25.8 Å². The van der Waals surface area contributed by atoms with Gasteiger partial charge in [-0.15, -0.1) is 0 Å². The first-order valence-corrected chi connectivity index (χ1v) is 12.1. The second-order valence-electron chi connectivity index (χ2n) is 9.53. The summed E-state index contributed by atoms with van der Waals surface area (Å²) in [4.78, 5) is 13.7. The van der Waals surface area contributed by atoms with Gasteiger partial charge >= 0.3 is 5.97 Å². The number of carboxylic acid groups (broad SMARTS) is 1. The summed E-state index contributed by atoms with van der Waals surface area (Å²) in [5.74, 6) is -0.129.